The van der Waals surface area contributed by atoms with Crippen molar-refractivity contribution in [1.29, 1.82) is 0 Å². The molecule has 0 bridgehead atoms. The molecule has 1 atom stereocenters. The Morgan fingerprint density at radius 2 is 2.14 bits per heavy atom. The van der Waals surface area contributed by atoms with Gasteiger partial charge in [0.2, 0.25) is 0 Å². The lowest BCUT2D eigenvalue weighted by atomic mass is 9.78. The second kappa shape index (κ2) is 5.35. The number of nitrogens with zero attached hydrogens (tertiary/aromatic N) is 1. The summed E-state index contributed by atoms with van der Waals surface area (Å²) in [6.45, 7) is 2.34. The Hall–Kier alpha value is -0.570. The van der Waals surface area contributed by atoms with Gasteiger partial charge in [-0.2, -0.15) is 0 Å². The number of hydrogen-bond acceptors (Lipinski definition) is 3. The smallest absolute Gasteiger partial charge is 0.307 e. The summed E-state index contributed by atoms with van der Waals surface area (Å²) in [4.78, 5) is 13.5. The van der Waals surface area contributed by atoms with E-state index in [1.54, 1.807) is 0 Å². The summed E-state index contributed by atoms with van der Waals surface area (Å²) < 4.78 is 4.98. The second-order valence-corrected chi connectivity index (χ2v) is 4.23. The first-order chi connectivity index (χ1) is 6.65. The van der Waals surface area contributed by atoms with Crippen LogP contribution in [-0.4, -0.2) is 37.6 Å². The van der Waals surface area contributed by atoms with Gasteiger partial charge in [-0.05, 0) is 39.8 Å². The van der Waals surface area contributed by atoms with E-state index in [1.807, 2.05) is 21.0 Å². The van der Waals surface area contributed by atoms with Crippen molar-refractivity contribution < 1.29 is 9.53 Å². The van der Waals surface area contributed by atoms with Crippen LogP contribution in [0.4, 0.5) is 0 Å². The standard InChI is InChI=1S/C11H21NO2/c1-4-14-11(13)8-10(12(2)3)9-6-5-7-9/h9-10H,4-8H2,1-3H3. The fourth-order valence-corrected chi connectivity index (χ4v) is 1.99. The number of carbonyl (C=O) groups is 1. The summed E-state index contributed by atoms with van der Waals surface area (Å²) >= 11 is 0. The highest BCUT2D eigenvalue weighted by Gasteiger charge is 2.30. The van der Waals surface area contributed by atoms with Gasteiger partial charge < -0.3 is 9.64 Å². The Bertz CT molecular complexity index is 188. The molecule has 0 N–H and O–H groups in total. The summed E-state index contributed by atoms with van der Waals surface area (Å²) in [5, 5.41) is 0. The molecule has 0 spiro atoms. The molecule has 1 aliphatic carbocycles. The molecule has 0 aromatic rings. The third-order valence-corrected chi connectivity index (χ3v) is 3.04. The molecule has 1 aliphatic rings. The lowest BCUT2D eigenvalue weighted by Crippen LogP contribution is -2.40. The first-order valence-corrected chi connectivity index (χ1v) is 5.47. The van der Waals surface area contributed by atoms with Gasteiger partial charge in [0, 0.05) is 6.04 Å². The third kappa shape index (κ3) is 2.98. The molecular weight excluding hydrogens is 178 g/mol. The summed E-state index contributed by atoms with van der Waals surface area (Å²) in [7, 11) is 4.09. The molecule has 0 aromatic heterocycles. The topological polar surface area (TPSA) is 29.5 Å². The first-order valence-electron chi connectivity index (χ1n) is 5.47. The summed E-state index contributed by atoms with van der Waals surface area (Å²) in [5.41, 5.74) is 0. The van der Waals surface area contributed by atoms with Crippen LogP contribution in [0.1, 0.15) is 32.6 Å². The van der Waals surface area contributed by atoms with E-state index in [1.165, 1.54) is 19.3 Å². The normalized spacial score (nSPS) is 19.1. The molecule has 1 unspecified atom stereocenters. The lowest BCUT2D eigenvalue weighted by Gasteiger charge is -2.37. The van der Waals surface area contributed by atoms with Gasteiger partial charge in [-0.25, -0.2) is 0 Å². The van der Waals surface area contributed by atoms with Crippen LogP contribution in [0.15, 0.2) is 0 Å². The van der Waals surface area contributed by atoms with Crippen molar-refractivity contribution in [3.8, 4) is 0 Å². The average Bonchev–Trinajstić information content (AvgIpc) is 2.00. The lowest BCUT2D eigenvalue weighted by molar-refractivity contribution is -0.145. The monoisotopic (exact) mass is 199 g/mol. The zero-order chi connectivity index (χ0) is 10.6. The Labute approximate surface area is 86.4 Å². The minimum absolute atomic E-state index is 0.0573. The third-order valence-electron chi connectivity index (χ3n) is 3.04. The minimum Gasteiger partial charge on any atom is -0.466 e. The van der Waals surface area contributed by atoms with Gasteiger partial charge in [0.15, 0.2) is 0 Å². The number of hydrogen-bond donors (Lipinski definition) is 0. The Balaban J connectivity index is 2.38. The number of ether oxygens (including phenoxy) is 1. The maximum Gasteiger partial charge on any atom is 0.307 e. The molecule has 1 rings (SSSR count). The van der Waals surface area contributed by atoms with Crippen molar-refractivity contribution in [1.82, 2.24) is 4.90 Å². The molecule has 14 heavy (non-hydrogen) atoms. The van der Waals surface area contributed by atoms with Crippen LogP contribution in [0.5, 0.6) is 0 Å². The summed E-state index contributed by atoms with van der Waals surface area (Å²) in [6.07, 6.45) is 4.40. The van der Waals surface area contributed by atoms with E-state index in [9.17, 15) is 4.79 Å². The fourth-order valence-electron chi connectivity index (χ4n) is 1.99. The Kier molecular flexibility index (Phi) is 4.39. The van der Waals surface area contributed by atoms with E-state index < -0.39 is 0 Å². The number of rotatable bonds is 5. The molecule has 0 radical (unpaired) electrons. The predicted molar refractivity (Wildman–Crippen MR) is 56.1 cm³/mol. The Morgan fingerprint density at radius 1 is 1.50 bits per heavy atom. The molecule has 1 fully saturated rings. The highest BCUT2D eigenvalue weighted by molar-refractivity contribution is 5.70. The van der Waals surface area contributed by atoms with Crippen LogP contribution in [0.25, 0.3) is 0 Å². The van der Waals surface area contributed by atoms with Gasteiger partial charge in [0.05, 0.1) is 13.0 Å². The molecule has 0 saturated heterocycles. The molecular formula is C11H21NO2. The second-order valence-electron chi connectivity index (χ2n) is 4.23. The largest absolute Gasteiger partial charge is 0.466 e. The maximum atomic E-state index is 11.4. The van der Waals surface area contributed by atoms with E-state index in [-0.39, 0.29) is 5.97 Å². The zero-order valence-electron chi connectivity index (χ0n) is 9.45. The van der Waals surface area contributed by atoms with E-state index in [0.717, 1.165) is 0 Å². The molecule has 82 valence electrons. The predicted octanol–water partition coefficient (Wildman–Crippen LogP) is 1.67. The molecule has 3 heteroatoms. The molecule has 0 heterocycles. The van der Waals surface area contributed by atoms with E-state index in [4.69, 9.17) is 4.74 Å². The van der Waals surface area contributed by atoms with Gasteiger partial charge in [0.25, 0.3) is 0 Å². The SMILES string of the molecule is CCOC(=O)CC(C1CCC1)N(C)C. The molecule has 1 saturated carbocycles. The van der Waals surface area contributed by atoms with Crippen molar-refractivity contribution in [2.75, 3.05) is 20.7 Å². The van der Waals surface area contributed by atoms with Crippen molar-refractivity contribution in [3.05, 3.63) is 0 Å². The maximum absolute atomic E-state index is 11.4. The van der Waals surface area contributed by atoms with Crippen LogP contribution in [0.3, 0.4) is 0 Å². The first kappa shape index (κ1) is 11.5. The van der Waals surface area contributed by atoms with Crippen LogP contribution in [-0.2, 0) is 9.53 Å². The van der Waals surface area contributed by atoms with Crippen LogP contribution < -0.4 is 0 Å². The fraction of sp³-hybridized carbons (Fsp3) is 0.909. The van der Waals surface area contributed by atoms with E-state index in [2.05, 4.69) is 4.90 Å². The number of esters is 1. The molecule has 0 aliphatic heterocycles. The minimum atomic E-state index is -0.0573. The highest BCUT2D eigenvalue weighted by Crippen LogP contribution is 2.33. The van der Waals surface area contributed by atoms with Crippen molar-refractivity contribution >= 4 is 5.97 Å². The van der Waals surface area contributed by atoms with Gasteiger partial charge in [-0.3, -0.25) is 4.79 Å². The average molecular weight is 199 g/mol. The molecule has 3 nitrogen and oxygen atoms in total. The van der Waals surface area contributed by atoms with Crippen LogP contribution in [0.2, 0.25) is 0 Å². The zero-order valence-corrected chi connectivity index (χ0v) is 9.45. The van der Waals surface area contributed by atoms with Gasteiger partial charge in [-0.1, -0.05) is 6.42 Å². The molecule has 0 amide bonds. The van der Waals surface area contributed by atoms with E-state index >= 15 is 0 Å². The quantitative estimate of drug-likeness (QED) is 0.631. The van der Waals surface area contributed by atoms with Crippen LogP contribution in [0, 0.1) is 5.92 Å². The number of carbonyl (C=O) groups excluding carboxylic acids is 1. The summed E-state index contributed by atoms with van der Waals surface area (Å²) in [5.74, 6) is 0.646. The van der Waals surface area contributed by atoms with Gasteiger partial charge in [-0.15, -0.1) is 0 Å². The van der Waals surface area contributed by atoms with Gasteiger partial charge >= 0.3 is 5.97 Å². The Morgan fingerprint density at radius 3 is 2.50 bits per heavy atom. The molecule has 0 aromatic carbocycles. The van der Waals surface area contributed by atoms with E-state index in [0.29, 0.717) is 25.0 Å². The van der Waals surface area contributed by atoms with Crippen molar-refractivity contribution in [3.63, 3.8) is 0 Å². The van der Waals surface area contributed by atoms with Crippen molar-refractivity contribution in [2.45, 2.75) is 38.6 Å². The van der Waals surface area contributed by atoms with Crippen molar-refractivity contribution in [2.24, 2.45) is 5.92 Å². The highest BCUT2D eigenvalue weighted by atomic mass is 16.5. The van der Waals surface area contributed by atoms with Crippen LogP contribution >= 0.6 is 0 Å². The van der Waals surface area contributed by atoms with Gasteiger partial charge in [0.1, 0.15) is 0 Å². The summed E-state index contributed by atoms with van der Waals surface area (Å²) in [6, 6.07) is 0.378.